The summed E-state index contributed by atoms with van der Waals surface area (Å²) in [6.45, 7) is 12.3. The fourth-order valence-electron chi connectivity index (χ4n) is 2.31. The van der Waals surface area contributed by atoms with Crippen molar-refractivity contribution in [2.24, 2.45) is 0 Å². The minimum absolute atomic E-state index is 0.114. The van der Waals surface area contributed by atoms with Crippen molar-refractivity contribution in [2.45, 2.75) is 66.1 Å². The molecule has 4 nitrogen and oxygen atoms in total. The van der Waals surface area contributed by atoms with Crippen LogP contribution in [0.2, 0.25) is 0 Å². The number of imidazole rings is 1. The van der Waals surface area contributed by atoms with Crippen LogP contribution >= 0.6 is 0 Å². The molecule has 0 atom stereocenters. The Morgan fingerprint density at radius 3 is 2.76 bits per heavy atom. The van der Waals surface area contributed by atoms with Gasteiger partial charge in [-0.2, -0.15) is 0 Å². The van der Waals surface area contributed by atoms with E-state index in [9.17, 15) is 0 Å². The fraction of sp³-hybridized carbons (Fsp3) is 0.588. The number of furan rings is 1. The van der Waals surface area contributed by atoms with E-state index in [-0.39, 0.29) is 5.54 Å². The van der Waals surface area contributed by atoms with E-state index in [0.717, 1.165) is 43.3 Å². The maximum absolute atomic E-state index is 5.90. The maximum Gasteiger partial charge on any atom is 0.124 e. The number of aryl methyl sites for hydroxylation is 2. The van der Waals surface area contributed by atoms with Gasteiger partial charge in [0, 0.05) is 36.5 Å². The van der Waals surface area contributed by atoms with Crippen LogP contribution < -0.4 is 5.32 Å². The zero-order valence-corrected chi connectivity index (χ0v) is 13.9. The predicted octanol–water partition coefficient (Wildman–Crippen LogP) is 3.67. The highest BCUT2D eigenvalue weighted by atomic mass is 16.3. The minimum atomic E-state index is 0.114. The first-order valence-corrected chi connectivity index (χ1v) is 7.72. The van der Waals surface area contributed by atoms with Crippen molar-refractivity contribution in [3.63, 3.8) is 0 Å². The van der Waals surface area contributed by atoms with Crippen LogP contribution in [-0.2, 0) is 19.5 Å². The first kappa shape index (κ1) is 15.8. The zero-order valence-electron chi connectivity index (χ0n) is 13.9. The van der Waals surface area contributed by atoms with E-state index in [0.29, 0.717) is 0 Å². The van der Waals surface area contributed by atoms with Gasteiger partial charge in [-0.25, -0.2) is 4.98 Å². The Labute approximate surface area is 127 Å². The largest absolute Gasteiger partial charge is 0.464 e. The summed E-state index contributed by atoms with van der Waals surface area (Å²) in [7, 11) is 0. The average Bonchev–Trinajstić information content (AvgIpc) is 2.95. The van der Waals surface area contributed by atoms with E-state index < -0.39 is 0 Å². The van der Waals surface area contributed by atoms with Crippen LogP contribution in [0.5, 0.6) is 0 Å². The van der Waals surface area contributed by atoms with Crippen LogP contribution in [-0.4, -0.2) is 15.1 Å². The van der Waals surface area contributed by atoms with Gasteiger partial charge in [0.25, 0.3) is 0 Å². The fourth-order valence-corrected chi connectivity index (χ4v) is 2.31. The van der Waals surface area contributed by atoms with Crippen LogP contribution in [0.4, 0.5) is 0 Å². The molecule has 0 amide bonds. The summed E-state index contributed by atoms with van der Waals surface area (Å²) >= 11 is 0. The van der Waals surface area contributed by atoms with Gasteiger partial charge >= 0.3 is 0 Å². The lowest BCUT2D eigenvalue weighted by Gasteiger charge is -2.20. The molecule has 2 aromatic heterocycles. The molecule has 0 aliphatic rings. The predicted molar refractivity (Wildman–Crippen MR) is 85.4 cm³/mol. The molecular formula is C17H27N3O. The van der Waals surface area contributed by atoms with Crippen molar-refractivity contribution in [2.75, 3.05) is 0 Å². The normalized spacial score (nSPS) is 12.0. The smallest absolute Gasteiger partial charge is 0.124 e. The van der Waals surface area contributed by atoms with Crippen molar-refractivity contribution in [1.29, 1.82) is 0 Å². The highest BCUT2D eigenvalue weighted by Crippen LogP contribution is 2.17. The summed E-state index contributed by atoms with van der Waals surface area (Å²) < 4.78 is 8.07. The van der Waals surface area contributed by atoms with Crippen molar-refractivity contribution in [1.82, 2.24) is 14.9 Å². The quantitative estimate of drug-likeness (QED) is 0.882. The van der Waals surface area contributed by atoms with Crippen LogP contribution in [0.3, 0.4) is 0 Å². The molecule has 0 saturated carbocycles. The van der Waals surface area contributed by atoms with Crippen molar-refractivity contribution in [3.05, 3.63) is 41.4 Å². The lowest BCUT2D eigenvalue weighted by Crippen LogP contribution is -2.35. The van der Waals surface area contributed by atoms with E-state index in [1.165, 1.54) is 5.56 Å². The van der Waals surface area contributed by atoms with E-state index in [1.54, 1.807) is 0 Å². The molecule has 0 aliphatic heterocycles. The van der Waals surface area contributed by atoms with Gasteiger partial charge in [0.15, 0.2) is 0 Å². The lowest BCUT2D eigenvalue weighted by molar-refractivity contribution is 0.419. The summed E-state index contributed by atoms with van der Waals surface area (Å²) in [5, 5.41) is 3.50. The third kappa shape index (κ3) is 4.46. The molecule has 0 aliphatic carbocycles. The van der Waals surface area contributed by atoms with Gasteiger partial charge in [-0.3, -0.25) is 0 Å². The molecule has 1 N–H and O–H groups in total. The number of aromatic nitrogens is 2. The molecule has 0 aromatic carbocycles. The number of hydrogen-bond acceptors (Lipinski definition) is 3. The number of rotatable bonds is 6. The Balaban J connectivity index is 2.06. The summed E-state index contributed by atoms with van der Waals surface area (Å²) in [4.78, 5) is 4.41. The molecule has 2 aromatic rings. The molecule has 2 rings (SSSR count). The van der Waals surface area contributed by atoms with Gasteiger partial charge in [-0.15, -0.1) is 0 Å². The monoisotopic (exact) mass is 289 g/mol. The molecule has 0 saturated heterocycles. The summed E-state index contributed by atoms with van der Waals surface area (Å²) in [6, 6.07) is 2.16. The topological polar surface area (TPSA) is 43.0 Å². The maximum atomic E-state index is 5.90. The van der Waals surface area contributed by atoms with Gasteiger partial charge in [-0.05, 0) is 40.2 Å². The number of nitrogens with one attached hydrogen (secondary N) is 1. The highest BCUT2D eigenvalue weighted by molar-refractivity contribution is 5.21. The molecule has 0 radical (unpaired) electrons. The highest BCUT2D eigenvalue weighted by Gasteiger charge is 2.13. The number of nitrogens with zero attached hydrogens (tertiary/aromatic N) is 2. The summed E-state index contributed by atoms with van der Waals surface area (Å²) in [6.07, 6.45) is 6.00. The second kappa shape index (κ2) is 6.48. The van der Waals surface area contributed by atoms with Gasteiger partial charge in [0.1, 0.15) is 17.3 Å². The second-order valence-electron chi connectivity index (χ2n) is 6.62. The number of hydrogen-bond donors (Lipinski definition) is 1. The molecule has 2 heterocycles. The standard InChI is InChI=1S/C17H27N3O/c1-6-7-16-18-8-9-20(16)12-15-10-14(13(2)21-15)11-19-17(3,4)5/h8-10,19H,6-7,11-12H2,1-5H3. The Morgan fingerprint density at radius 1 is 1.33 bits per heavy atom. The average molecular weight is 289 g/mol. The van der Waals surface area contributed by atoms with Crippen LogP contribution in [0, 0.1) is 6.92 Å². The SMILES string of the molecule is CCCc1nccn1Cc1cc(CNC(C)(C)C)c(C)o1. The van der Waals surface area contributed by atoms with Gasteiger partial charge < -0.3 is 14.3 Å². The zero-order chi connectivity index (χ0) is 15.5. The van der Waals surface area contributed by atoms with Crippen molar-refractivity contribution in [3.8, 4) is 0 Å². The van der Waals surface area contributed by atoms with E-state index >= 15 is 0 Å². The van der Waals surface area contributed by atoms with Gasteiger partial charge in [-0.1, -0.05) is 6.92 Å². The van der Waals surface area contributed by atoms with Crippen molar-refractivity contribution >= 4 is 0 Å². The van der Waals surface area contributed by atoms with Gasteiger partial charge in [0.05, 0.1) is 6.54 Å². The first-order valence-electron chi connectivity index (χ1n) is 7.72. The molecular weight excluding hydrogens is 262 g/mol. The summed E-state index contributed by atoms with van der Waals surface area (Å²) in [5.74, 6) is 3.12. The van der Waals surface area contributed by atoms with E-state index in [1.807, 2.05) is 19.3 Å². The Morgan fingerprint density at radius 2 is 2.10 bits per heavy atom. The molecule has 0 fully saturated rings. The molecule has 21 heavy (non-hydrogen) atoms. The molecule has 0 spiro atoms. The minimum Gasteiger partial charge on any atom is -0.464 e. The Kier molecular flexibility index (Phi) is 4.88. The molecule has 0 bridgehead atoms. The van der Waals surface area contributed by atoms with Crippen LogP contribution in [0.25, 0.3) is 0 Å². The van der Waals surface area contributed by atoms with E-state index in [2.05, 4.69) is 48.6 Å². The van der Waals surface area contributed by atoms with Crippen molar-refractivity contribution < 1.29 is 4.42 Å². The lowest BCUT2D eigenvalue weighted by atomic mass is 10.1. The van der Waals surface area contributed by atoms with Crippen LogP contribution in [0.1, 0.15) is 57.0 Å². The van der Waals surface area contributed by atoms with Gasteiger partial charge in [0.2, 0.25) is 0 Å². The first-order chi connectivity index (χ1) is 9.89. The summed E-state index contributed by atoms with van der Waals surface area (Å²) in [5.41, 5.74) is 1.35. The third-order valence-corrected chi connectivity index (χ3v) is 3.48. The molecule has 116 valence electrons. The van der Waals surface area contributed by atoms with Crippen LogP contribution in [0.15, 0.2) is 22.9 Å². The van der Waals surface area contributed by atoms with E-state index in [4.69, 9.17) is 4.42 Å². The molecule has 4 heteroatoms. The second-order valence-corrected chi connectivity index (χ2v) is 6.62. The molecule has 0 unspecified atom stereocenters. The third-order valence-electron chi connectivity index (χ3n) is 3.48. The Bertz CT molecular complexity index is 575. The Hall–Kier alpha value is -1.55.